The third-order valence-corrected chi connectivity index (χ3v) is 4.00. The van der Waals surface area contributed by atoms with Gasteiger partial charge in [0.2, 0.25) is 0 Å². The first-order valence-electron chi connectivity index (χ1n) is 8.64. The Kier molecular flexibility index (Phi) is 6.57. The second-order valence-corrected chi connectivity index (χ2v) is 6.29. The molecule has 0 radical (unpaired) electrons. The zero-order valence-corrected chi connectivity index (χ0v) is 14.7. The number of hydrogen-bond acceptors (Lipinski definition) is 4. The molecule has 4 nitrogen and oxygen atoms in total. The lowest BCUT2D eigenvalue weighted by molar-refractivity contribution is 0.0604. The standard InChI is InChI=1S/C21H21F2NO3/c22-17-5-3-16(4-6-17)12-24(14-21-2-1-11-26-21)13-19(25)15-27-20-9-7-18(23)8-10-20/h1-11,19,25H,12-15H2. The van der Waals surface area contributed by atoms with Crippen molar-refractivity contribution >= 4 is 0 Å². The van der Waals surface area contributed by atoms with Crippen LogP contribution in [-0.2, 0) is 13.1 Å². The number of benzene rings is 2. The molecule has 1 atom stereocenters. The summed E-state index contributed by atoms with van der Waals surface area (Å²) in [5.41, 5.74) is 0.926. The minimum absolute atomic E-state index is 0.0731. The summed E-state index contributed by atoms with van der Waals surface area (Å²) in [6.07, 6.45) is 0.838. The number of aliphatic hydroxyl groups excluding tert-OH is 1. The van der Waals surface area contributed by atoms with Gasteiger partial charge >= 0.3 is 0 Å². The van der Waals surface area contributed by atoms with Gasteiger partial charge in [-0.3, -0.25) is 4.90 Å². The van der Waals surface area contributed by atoms with E-state index in [-0.39, 0.29) is 18.2 Å². The van der Waals surface area contributed by atoms with Gasteiger partial charge in [-0.25, -0.2) is 8.78 Å². The molecule has 1 aromatic heterocycles. The molecule has 6 heteroatoms. The predicted molar refractivity (Wildman–Crippen MR) is 97.1 cm³/mol. The molecule has 27 heavy (non-hydrogen) atoms. The quantitative estimate of drug-likeness (QED) is 0.616. The number of halogens is 2. The molecule has 2 aromatic carbocycles. The molecule has 1 N–H and O–H groups in total. The maximum Gasteiger partial charge on any atom is 0.123 e. The maximum atomic E-state index is 13.1. The van der Waals surface area contributed by atoms with Gasteiger partial charge in [0.1, 0.15) is 35.9 Å². The van der Waals surface area contributed by atoms with Crippen LogP contribution < -0.4 is 4.74 Å². The van der Waals surface area contributed by atoms with Crippen LogP contribution in [0.3, 0.4) is 0 Å². The lowest BCUT2D eigenvalue weighted by atomic mass is 10.2. The summed E-state index contributed by atoms with van der Waals surface area (Å²) in [4.78, 5) is 1.99. The first-order chi connectivity index (χ1) is 13.1. The fourth-order valence-corrected chi connectivity index (χ4v) is 2.73. The summed E-state index contributed by atoms with van der Waals surface area (Å²) in [5, 5.41) is 10.4. The molecule has 0 saturated carbocycles. The van der Waals surface area contributed by atoms with Crippen molar-refractivity contribution in [3.63, 3.8) is 0 Å². The van der Waals surface area contributed by atoms with Crippen molar-refractivity contribution in [3.8, 4) is 5.75 Å². The molecular weight excluding hydrogens is 352 g/mol. The van der Waals surface area contributed by atoms with E-state index in [4.69, 9.17) is 9.15 Å². The Morgan fingerprint density at radius 1 is 0.926 bits per heavy atom. The lowest BCUT2D eigenvalue weighted by Gasteiger charge is -2.24. The second kappa shape index (κ2) is 9.30. The van der Waals surface area contributed by atoms with Gasteiger partial charge in [0.25, 0.3) is 0 Å². The molecule has 3 aromatic rings. The molecular formula is C21H21F2NO3. The number of hydrogen-bond donors (Lipinski definition) is 1. The van der Waals surface area contributed by atoms with Crippen molar-refractivity contribution < 1.29 is 23.0 Å². The average Bonchev–Trinajstić information content (AvgIpc) is 3.16. The highest BCUT2D eigenvalue weighted by atomic mass is 19.1. The highest BCUT2D eigenvalue weighted by Gasteiger charge is 2.15. The topological polar surface area (TPSA) is 45.8 Å². The Bertz CT molecular complexity index is 804. The van der Waals surface area contributed by atoms with Crippen molar-refractivity contribution in [2.45, 2.75) is 19.2 Å². The van der Waals surface area contributed by atoms with Crippen LogP contribution >= 0.6 is 0 Å². The van der Waals surface area contributed by atoms with Crippen molar-refractivity contribution in [1.82, 2.24) is 4.90 Å². The SMILES string of the molecule is OC(COc1ccc(F)cc1)CN(Cc1ccc(F)cc1)Cc1ccco1. The molecule has 0 saturated heterocycles. The summed E-state index contributed by atoms with van der Waals surface area (Å²) in [6, 6.07) is 15.6. The number of nitrogens with zero attached hydrogens (tertiary/aromatic N) is 1. The van der Waals surface area contributed by atoms with Gasteiger partial charge in [-0.2, -0.15) is 0 Å². The molecule has 0 aliphatic rings. The highest BCUT2D eigenvalue weighted by Crippen LogP contribution is 2.14. The molecule has 0 aliphatic heterocycles. The molecule has 0 spiro atoms. The van der Waals surface area contributed by atoms with Crippen molar-refractivity contribution in [3.05, 3.63) is 89.9 Å². The van der Waals surface area contributed by atoms with Crippen LogP contribution in [0, 0.1) is 11.6 Å². The zero-order chi connectivity index (χ0) is 19.1. The van der Waals surface area contributed by atoms with E-state index < -0.39 is 6.10 Å². The zero-order valence-electron chi connectivity index (χ0n) is 14.7. The molecule has 0 amide bonds. The summed E-state index contributed by atoms with van der Waals surface area (Å²) in [6.45, 7) is 1.43. The normalized spacial score (nSPS) is 12.3. The van der Waals surface area contributed by atoms with E-state index >= 15 is 0 Å². The fraction of sp³-hybridized carbons (Fsp3) is 0.238. The van der Waals surface area contributed by atoms with Crippen LogP contribution in [0.2, 0.25) is 0 Å². The van der Waals surface area contributed by atoms with Gasteiger partial charge in [0.05, 0.1) is 12.8 Å². The van der Waals surface area contributed by atoms with Crippen LogP contribution in [0.25, 0.3) is 0 Å². The first kappa shape index (κ1) is 19.1. The third-order valence-electron chi connectivity index (χ3n) is 4.00. The highest BCUT2D eigenvalue weighted by molar-refractivity contribution is 5.22. The van der Waals surface area contributed by atoms with Crippen molar-refractivity contribution in [2.75, 3.05) is 13.2 Å². The van der Waals surface area contributed by atoms with E-state index in [0.29, 0.717) is 25.4 Å². The summed E-state index contributed by atoms with van der Waals surface area (Å²) >= 11 is 0. The van der Waals surface area contributed by atoms with Gasteiger partial charge in [0, 0.05) is 13.1 Å². The Balaban J connectivity index is 1.59. The number of furan rings is 1. The van der Waals surface area contributed by atoms with E-state index in [9.17, 15) is 13.9 Å². The first-order valence-corrected chi connectivity index (χ1v) is 8.64. The Morgan fingerprint density at radius 3 is 2.22 bits per heavy atom. The number of rotatable bonds is 9. The average molecular weight is 373 g/mol. The van der Waals surface area contributed by atoms with Crippen LogP contribution in [0.15, 0.2) is 71.3 Å². The lowest BCUT2D eigenvalue weighted by Crippen LogP contribution is -2.35. The van der Waals surface area contributed by atoms with Crippen LogP contribution in [-0.4, -0.2) is 29.3 Å². The van der Waals surface area contributed by atoms with E-state index in [1.54, 1.807) is 24.5 Å². The molecule has 1 unspecified atom stereocenters. The van der Waals surface area contributed by atoms with Gasteiger partial charge in [-0.15, -0.1) is 0 Å². The minimum Gasteiger partial charge on any atom is -0.491 e. The van der Waals surface area contributed by atoms with E-state index in [1.165, 1.54) is 36.4 Å². The van der Waals surface area contributed by atoms with Gasteiger partial charge < -0.3 is 14.3 Å². The van der Waals surface area contributed by atoms with Gasteiger partial charge in [-0.1, -0.05) is 12.1 Å². The van der Waals surface area contributed by atoms with Crippen molar-refractivity contribution in [2.24, 2.45) is 0 Å². The monoisotopic (exact) mass is 373 g/mol. The van der Waals surface area contributed by atoms with E-state index in [1.807, 2.05) is 11.0 Å². The van der Waals surface area contributed by atoms with E-state index in [2.05, 4.69) is 0 Å². The molecule has 1 heterocycles. The summed E-state index contributed by atoms with van der Waals surface area (Å²) in [7, 11) is 0. The van der Waals surface area contributed by atoms with Crippen LogP contribution in [0.1, 0.15) is 11.3 Å². The predicted octanol–water partition coefficient (Wildman–Crippen LogP) is 4.00. The molecule has 142 valence electrons. The van der Waals surface area contributed by atoms with Crippen LogP contribution in [0.4, 0.5) is 8.78 Å². The third kappa shape index (κ3) is 6.20. The largest absolute Gasteiger partial charge is 0.491 e. The number of ether oxygens (including phenoxy) is 1. The molecule has 0 bridgehead atoms. The molecule has 0 fully saturated rings. The Hall–Kier alpha value is -2.70. The maximum absolute atomic E-state index is 13.1. The van der Waals surface area contributed by atoms with Crippen LogP contribution in [0.5, 0.6) is 5.75 Å². The van der Waals surface area contributed by atoms with Gasteiger partial charge in [-0.05, 0) is 54.1 Å². The van der Waals surface area contributed by atoms with Crippen molar-refractivity contribution in [1.29, 1.82) is 0 Å². The molecule has 0 aliphatic carbocycles. The Morgan fingerprint density at radius 2 is 1.59 bits per heavy atom. The fourth-order valence-electron chi connectivity index (χ4n) is 2.73. The smallest absolute Gasteiger partial charge is 0.123 e. The summed E-state index contributed by atoms with van der Waals surface area (Å²) in [5.74, 6) is 0.631. The van der Waals surface area contributed by atoms with E-state index in [0.717, 1.165) is 11.3 Å². The number of aliphatic hydroxyl groups is 1. The molecule has 3 rings (SSSR count). The minimum atomic E-state index is -0.759. The van der Waals surface area contributed by atoms with Gasteiger partial charge in [0.15, 0.2) is 0 Å². The summed E-state index contributed by atoms with van der Waals surface area (Å²) < 4.78 is 36.9. The Labute approximate surface area is 156 Å². The second-order valence-electron chi connectivity index (χ2n) is 6.29.